The summed E-state index contributed by atoms with van der Waals surface area (Å²) < 4.78 is 5.00. The van der Waals surface area contributed by atoms with Crippen LogP contribution < -0.4 is 5.73 Å². The fourth-order valence-corrected chi connectivity index (χ4v) is 3.19. The van der Waals surface area contributed by atoms with Crippen LogP contribution in [0.2, 0.25) is 0 Å². The minimum absolute atomic E-state index is 0.355. The van der Waals surface area contributed by atoms with Gasteiger partial charge in [0.1, 0.15) is 12.0 Å². The lowest BCUT2D eigenvalue weighted by Crippen LogP contribution is -2.20. The molecule has 0 spiro atoms. The molecule has 18 heavy (non-hydrogen) atoms. The Morgan fingerprint density at radius 1 is 1.22 bits per heavy atom. The molecule has 3 unspecified atom stereocenters. The third kappa shape index (κ3) is 1.62. The van der Waals surface area contributed by atoms with E-state index in [0.29, 0.717) is 23.4 Å². The molecular formula is C15H18N2O. The van der Waals surface area contributed by atoms with Crippen molar-refractivity contribution in [3.63, 3.8) is 0 Å². The number of hydrogen-bond acceptors (Lipinski definition) is 3. The highest BCUT2D eigenvalue weighted by Gasteiger charge is 2.33. The lowest BCUT2D eigenvalue weighted by Gasteiger charge is -2.34. The highest BCUT2D eigenvalue weighted by atomic mass is 16.5. The summed E-state index contributed by atoms with van der Waals surface area (Å²) in [6.45, 7) is 4.53. The van der Waals surface area contributed by atoms with Gasteiger partial charge in [-0.05, 0) is 29.4 Å². The summed E-state index contributed by atoms with van der Waals surface area (Å²) in [5.74, 6) is 1.33. The summed E-state index contributed by atoms with van der Waals surface area (Å²) in [4.78, 5) is 0. The van der Waals surface area contributed by atoms with Gasteiger partial charge in [-0.25, -0.2) is 0 Å². The van der Waals surface area contributed by atoms with Crippen molar-refractivity contribution in [2.24, 2.45) is 0 Å². The third-order valence-corrected chi connectivity index (χ3v) is 4.21. The number of nitrogens with zero attached hydrogens (tertiary/aromatic N) is 1. The van der Waals surface area contributed by atoms with Crippen LogP contribution >= 0.6 is 0 Å². The molecule has 1 aliphatic rings. The molecule has 0 radical (unpaired) electrons. The molecule has 0 saturated heterocycles. The van der Waals surface area contributed by atoms with Crippen LogP contribution in [0.5, 0.6) is 0 Å². The lowest BCUT2D eigenvalue weighted by molar-refractivity contribution is 0.380. The number of hydrogen-bond donors (Lipinski definition) is 1. The van der Waals surface area contributed by atoms with E-state index in [2.05, 4.69) is 43.3 Å². The zero-order valence-electron chi connectivity index (χ0n) is 10.8. The van der Waals surface area contributed by atoms with Crippen molar-refractivity contribution in [1.82, 2.24) is 5.16 Å². The van der Waals surface area contributed by atoms with Crippen LogP contribution in [0.4, 0.5) is 5.69 Å². The number of anilines is 1. The maximum Gasteiger partial charge on any atom is 0.147 e. The molecular weight excluding hydrogens is 224 g/mol. The minimum Gasteiger partial charge on any atom is -0.395 e. The average molecular weight is 242 g/mol. The van der Waals surface area contributed by atoms with Crippen LogP contribution in [0.15, 0.2) is 35.1 Å². The highest BCUT2D eigenvalue weighted by Crippen LogP contribution is 2.47. The van der Waals surface area contributed by atoms with E-state index >= 15 is 0 Å². The van der Waals surface area contributed by atoms with Gasteiger partial charge < -0.3 is 10.3 Å². The van der Waals surface area contributed by atoms with Gasteiger partial charge in [-0.15, -0.1) is 0 Å². The van der Waals surface area contributed by atoms with Crippen molar-refractivity contribution in [3.8, 4) is 0 Å². The Morgan fingerprint density at radius 3 is 2.61 bits per heavy atom. The van der Waals surface area contributed by atoms with Crippen molar-refractivity contribution >= 4 is 5.69 Å². The van der Waals surface area contributed by atoms with Crippen molar-refractivity contribution in [1.29, 1.82) is 0 Å². The predicted octanol–water partition coefficient (Wildman–Crippen LogP) is 3.65. The largest absolute Gasteiger partial charge is 0.395 e. The SMILES string of the molecule is CC1CC(c2nocc2N)C(C)c2ccccc21. The number of fused-ring (bicyclic) bond motifs is 1. The fourth-order valence-electron chi connectivity index (χ4n) is 3.19. The predicted molar refractivity (Wildman–Crippen MR) is 71.5 cm³/mol. The number of aromatic nitrogens is 1. The van der Waals surface area contributed by atoms with Gasteiger partial charge >= 0.3 is 0 Å². The fraction of sp³-hybridized carbons (Fsp3) is 0.400. The maximum absolute atomic E-state index is 5.94. The number of rotatable bonds is 1. The summed E-state index contributed by atoms with van der Waals surface area (Å²) in [7, 11) is 0. The van der Waals surface area contributed by atoms with Gasteiger partial charge in [0.15, 0.2) is 0 Å². The molecule has 1 aromatic carbocycles. The summed E-state index contributed by atoms with van der Waals surface area (Å²) in [5, 5.41) is 4.10. The second-order valence-electron chi connectivity index (χ2n) is 5.32. The summed E-state index contributed by atoms with van der Waals surface area (Å²) in [5.41, 5.74) is 10.4. The molecule has 2 N–H and O–H groups in total. The van der Waals surface area contributed by atoms with Gasteiger partial charge in [0.25, 0.3) is 0 Å². The first-order valence-electron chi connectivity index (χ1n) is 6.47. The van der Waals surface area contributed by atoms with E-state index in [1.807, 2.05) is 0 Å². The molecule has 3 nitrogen and oxygen atoms in total. The molecule has 1 aliphatic carbocycles. The van der Waals surface area contributed by atoms with Crippen LogP contribution in [-0.4, -0.2) is 5.16 Å². The molecule has 94 valence electrons. The van der Waals surface area contributed by atoms with Gasteiger partial charge in [0, 0.05) is 5.92 Å². The summed E-state index contributed by atoms with van der Waals surface area (Å²) in [6.07, 6.45) is 2.61. The molecule has 0 saturated carbocycles. The molecule has 0 bridgehead atoms. The van der Waals surface area contributed by atoms with Crippen LogP contribution in [0.1, 0.15) is 54.8 Å². The Labute approximate surface area is 107 Å². The molecule has 1 heterocycles. The monoisotopic (exact) mass is 242 g/mol. The van der Waals surface area contributed by atoms with Crippen molar-refractivity contribution in [3.05, 3.63) is 47.3 Å². The first-order valence-corrected chi connectivity index (χ1v) is 6.47. The van der Waals surface area contributed by atoms with Crippen LogP contribution in [0.25, 0.3) is 0 Å². The van der Waals surface area contributed by atoms with Gasteiger partial charge in [-0.2, -0.15) is 0 Å². The Kier molecular flexibility index (Phi) is 2.62. The molecule has 2 aromatic rings. The molecule has 3 atom stereocenters. The topological polar surface area (TPSA) is 52.0 Å². The maximum atomic E-state index is 5.94. The van der Waals surface area contributed by atoms with Crippen molar-refractivity contribution in [2.75, 3.05) is 5.73 Å². The molecule has 0 amide bonds. The zero-order valence-corrected chi connectivity index (χ0v) is 10.8. The molecule has 3 rings (SSSR count). The molecule has 3 heteroatoms. The molecule has 1 aromatic heterocycles. The second-order valence-corrected chi connectivity index (χ2v) is 5.32. The quantitative estimate of drug-likeness (QED) is 0.830. The first-order chi connectivity index (χ1) is 8.68. The smallest absolute Gasteiger partial charge is 0.147 e. The Morgan fingerprint density at radius 2 is 1.94 bits per heavy atom. The normalized spacial score (nSPS) is 26.9. The van der Waals surface area contributed by atoms with Crippen LogP contribution in [0.3, 0.4) is 0 Å². The van der Waals surface area contributed by atoms with E-state index in [0.717, 1.165) is 12.1 Å². The van der Waals surface area contributed by atoms with Crippen molar-refractivity contribution < 1.29 is 4.52 Å². The average Bonchev–Trinajstić information content (AvgIpc) is 2.80. The van der Waals surface area contributed by atoms with Gasteiger partial charge in [0.2, 0.25) is 0 Å². The first kappa shape index (κ1) is 11.3. The highest BCUT2D eigenvalue weighted by molar-refractivity contribution is 5.46. The van der Waals surface area contributed by atoms with Crippen molar-refractivity contribution in [2.45, 2.75) is 38.0 Å². The van der Waals surface area contributed by atoms with E-state index in [1.54, 1.807) is 0 Å². The minimum atomic E-state index is 0.355. The lowest BCUT2D eigenvalue weighted by atomic mass is 9.70. The number of benzene rings is 1. The second kappa shape index (κ2) is 4.16. The Balaban J connectivity index is 2.05. The van der Waals surface area contributed by atoms with E-state index in [-0.39, 0.29) is 0 Å². The zero-order chi connectivity index (χ0) is 12.7. The molecule has 0 aliphatic heterocycles. The van der Waals surface area contributed by atoms with Gasteiger partial charge in [-0.3, -0.25) is 0 Å². The Hall–Kier alpha value is -1.77. The standard InChI is InChI=1S/C15H18N2O/c1-9-7-13(15-14(16)8-18-17-15)10(2)12-6-4-3-5-11(9)12/h3-6,8-10,13H,7,16H2,1-2H3. The Bertz CT molecular complexity index is 561. The van der Waals surface area contributed by atoms with E-state index in [9.17, 15) is 0 Å². The van der Waals surface area contributed by atoms with Crippen LogP contribution in [0, 0.1) is 0 Å². The van der Waals surface area contributed by atoms with E-state index in [4.69, 9.17) is 10.3 Å². The van der Waals surface area contributed by atoms with E-state index < -0.39 is 0 Å². The van der Waals surface area contributed by atoms with Gasteiger partial charge in [-0.1, -0.05) is 43.3 Å². The molecule has 0 fully saturated rings. The number of nitrogens with two attached hydrogens (primary N) is 1. The number of nitrogen functional groups attached to an aromatic ring is 1. The summed E-state index contributed by atoms with van der Waals surface area (Å²) in [6, 6.07) is 8.68. The summed E-state index contributed by atoms with van der Waals surface area (Å²) >= 11 is 0. The van der Waals surface area contributed by atoms with E-state index in [1.165, 1.54) is 17.4 Å². The van der Waals surface area contributed by atoms with Gasteiger partial charge in [0.05, 0.1) is 5.69 Å². The third-order valence-electron chi connectivity index (χ3n) is 4.21. The van der Waals surface area contributed by atoms with Crippen LogP contribution in [-0.2, 0) is 0 Å².